The second-order valence-corrected chi connectivity index (χ2v) is 6.19. The Morgan fingerprint density at radius 3 is 2.62 bits per heavy atom. The Hall–Kier alpha value is -2.57. The second-order valence-electron chi connectivity index (χ2n) is 6.19. The summed E-state index contributed by atoms with van der Waals surface area (Å²) in [5, 5.41) is 11.9. The molecule has 1 aliphatic carbocycles. The van der Waals surface area contributed by atoms with Gasteiger partial charge in [0.2, 0.25) is 5.91 Å². The van der Waals surface area contributed by atoms with Crippen molar-refractivity contribution in [2.75, 3.05) is 18.1 Å². The molecule has 128 valence electrons. The number of hydrogen-bond acceptors (Lipinski definition) is 4. The fourth-order valence-electron chi connectivity index (χ4n) is 3.23. The summed E-state index contributed by atoms with van der Waals surface area (Å²) in [6.07, 6.45) is 2.44. The number of carboxylic acids is 1. The van der Waals surface area contributed by atoms with Crippen LogP contribution in [-0.2, 0) is 14.4 Å². The lowest BCUT2D eigenvalue weighted by Crippen LogP contribution is -2.48. The number of carbonyl (C=O) groups excluding carboxylic acids is 2. The zero-order chi connectivity index (χ0) is 17.1. The average Bonchev–Trinajstić information content (AvgIpc) is 2.58. The molecule has 0 atom stereocenters. The molecule has 3 rings (SSSR count). The van der Waals surface area contributed by atoms with Crippen molar-refractivity contribution in [3.8, 4) is 5.75 Å². The molecule has 7 nitrogen and oxygen atoms in total. The van der Waals surface area contributed by atoms with E-state index in [1.807, 2.05) is 6.07 Å². The molecule has 0 bridgehead atoms. The van der Waals surface area contributed by atoms with Gasteiger partial charge >= 0.3 is 5.97 Å². The number of anilines is 1. The molecule has 0 radical (unpaired) electrons. The highest BCUT2D eigenvalue weighted by Crippen LogP contribution is 2.31. The lowest BCUT2D eigenvalue weighted by molar-refractivity contribution is -0.142. The third kappa shape index (κ3) is 3.50. The highest BCUT2D eigenvalue weighted by molar-refractivity contribution is 6.02. The van der Waals surface area contributed by atoms with Crippen molar-refractivity contribution in [1.82, 2.24) is 5.32 Å². The molecule has 2 N–H and O–H groups in total. The predicted octanol–water partition coefficient (Wildman–Crippen LogP) is 1.17. The van der Waals surface area contributed by atoms with Crippen LogP contribution in [0.15, 0.2) is 24.3 Å². The maximum absolute atomic E-state index is 12.3. The third-order valence-corrected chi connectivity index (χ3v) is 4.55. The first-order chi connectivity index (χ1) is 11.5. The lowest BCUT2D eigenvalue weighted by atomic mass is 9.86. The van der Waals surface area contributed by atoms with Crippen molar-refractivity contribution < 1.29 is 24.2 Å². The van der Waals surface area contributed by atoms with Crippen LogP contribution >= 0.6 is 0 Å². The van der Waals surface area contributed by atoms with Gasteiger partial charge in [0.25, 0.3) is 5.91 Å². The Bertz CT molecular complexity index is 652. The maximum atomic E-state index is 12.3. The fraction of sp³-hybridized carbons (Fsp3) is 0.471. The largest absolute Gasteiger partial charge is 0.482 e. The normalized spacial score (nSPS) is 23.2. The first-order valence-corrected chi connectivity index (χ1v) is 8.09. The van der Waals surface area contributed by atoms with Crippen LogP contribution in [0, 0.1) is 5.92 Å². The quantitative estimate of drug-likeness (QED) is 0.863. The monoisotopic (exact) mass is 332 g/mol. The molecule has 1 saturated carbocycles. The van der Waals surface area contributed by atoms with Crippen LogP contribution in [0.3, 0.4) is 0 Å². The number of ether oxygens (including phenoxy) is 1. The summed E-state index contributed by atoms with van der Waals surface area (Å²) in [5.74, 6) is -0.981. The number of nitrogens with zero attached hydrogens (tertiary/aromatic N) is 1. The number of benzene rings is 1. The van der Waals surface area contributed by atoms with Crippen molar-refractivity contribution >= 4 is 23.5 Å². The van der Waals surface area contributed by atoms with Crippen molar-refractivity contribution in [2.24, 2.45) is 5.92 Å². The highest BCUT2D eigenvalue weighted by atomic mass is 16.5. The summed E-state index contributed by atoms with van der Waals surface area (Å²) >= 11 is 0. The second kappa shape index (κ2) is 6.90. The van der Waals surface area contributed by atoms with E-state index in [-0.39, 0.29) is 36.9 Å². The minimum atomic E-state index is -0.768. The van der Waals surface area contributed by atoms with Gasteiger partial charge in [-0.1, -0.05) is 12.1 Å². The Morgan fingerprint density at radius 1 is 1.21 bits per heavy atom. The van der Waals surface area contributed by atoms with Gasteiger partial charge in [-0.05, 0) is 37.8 Å². The Balaban J connectivity index is 1.58. The maximum Gasteiger partial charge on any atom is 0.306 e. The molecule has 24 heavy (non-hydrogen) atoms. The molecule has 2 aliphatic rings. The molecule has 1 aromatic rings. The van der Waals surface area contributed by atoms with E-state index in [0.29, 0.717) is 37.1 Å². The van der Waals surface area contributed by atoms with E-state index >= 15 is 0 Å². The van der Waals surface area contributed by atoms with Crippen LogP contribution < -0.4 is 15.0 Å². The molecule has 0 aromatic heterocycles. The van der Waals surface area contributed by atoms with Gasteiger partial charge in [-0.25, -0.2) is 0 Å². The molecule has 1 aromatic carbocycles. The van der Waals surface area contributed by atoms with Gasteiger partial charge in [0.1, 0.15) is 12.3 Å². The summed E-state index contributed by atoms with van der Waals surface area (Å²) in [5.41, 5.74) is 0.596. The molecular weight excluding hydrogens is 312 g/mol. The van der Waals surface area contributed by atoms with Crippen molar-refractivity contribution in [3.05, 3.63) is 24.3 Å². The summed E-state index contributed by atoms with van der Waals surface area (Å²) in [6, 6.07) is 7.09. The number of aliphatic carboxylic acids is 1. The van der Waals surface area contributed by atoms with E-state index < -0.39 is 5.97 Å². The molecule has 0 unspecified atom stereocenters. The van der Waals surface area contributed by atoms with Gasteiger partial charge in [0.15, 0.2) is 6.61 Å². The molecular formula is C17H20N2O5. The fourth-order valence-corrected chi connectivity index (χ4v) is 3.23. The van der Waals surface area contributed by atoms with E-state index in [0.717, 1.165) is 0 Å². The Labute approximate surface area is 139 Å². The third-order valence-electron chi connectivity index (χ3n) is 4.55. The zero-order valence-electron chi connectivity index (χ0n) is 13.2. The average molecular weight is 332 g/mol. The van der Waals surface area contributed by atoms with Crippen LogP contribution in [0.4, 0.5) is 5.69 Å². The number of fused-ring (bicyclic) bond motifs is 1. The number of carbonyl (C=O) groups is 3. The number of rotatable bonds is 4. The SMILES string of the molecule is O=C(CN1C(=O)COc2ccccc21)NC1CCC(C(=O)O)CC1. The first-order valence-electron chi connectivity index (χ1n) is 8.09. The molecule has 0 saturated heterocycles. The van der Waals surface area contributed by atoms with E-state index in [1.165, 1.54) is 4.90 Å². The number of amides is 2. The van der Waals surface area contributed by atoms with Crippen LogP contribution in [-0.4, -0.2) is 42.1 Å². The zero-order valence-corrected chi connectivity index (χ0v) is 13.2. The summed E-state index contributed by atoms with van der Waals surface area (Å²) in [6.45, 7) is -0.133. The van der Waals surface area contributed by atoms with Crippen LogP contribution in [0.2, 0.25) is 0 Å². The molecule has 1 fully saturated rings. The van der Waals surface area contributed by atoms with Gasteiger partial charge in [-0.15, -0.1) is 0 Å². The van der Waals surface area contributed by atoms with E-state index in [4.69, 9.17) is 9.84 Å². The molecule has 1 aliphatic heterocycles. The topological polar surface area (TPSA) is 95.9 Å². The van der Waals surface area contributed by atoms with Crippen molar-refractivity contribution in [3.63, 3.8) is 0 Å². The Morgan fingerprint density at radius 2 is 1.92 bits per heavy atom. The van der Waals surface area contributed by atoms with Gasteiger partial charge < -0.3 is 15.2 Å². The van der Waals surface area contributed by atoms with E-state index in [1.54, 1.807) is 18.2 Å². The van der Waals surface area contributed by atoms with Crippen molar-refractivity contribution in [1.29, 1.82) is 0 Å². The van der Waals surface area contributed by atoms with Gasteiger partial charge in [0.05, 0.1) is 11.6 Å². The standard InChI is InChI=1S/C17H20N2O5/c20-15(18-12-7-5-11(6-8-12)17(22)23)9-19-13-3-1-2-4-14(13)24-10-16(19)21/h1-4,11-12H,5-10H2,(H,18,20)(H,22,23). The van der Waals surface area contributed by atoms with E-state index in [2.05, 4.69) is 5.32 Å². The number of para-hydroxylation sites is 2. The van der Waals surface area contributed by atoms with E-state index in [9.17, 15) is 14.4 Å². The Kier molecular flexibility index (Phi) is 4.69. The minimum Gasteiger partial charge on any atom is -0.482 e. The summed E-state index contributed by atoms with van der Waals surface area (Å²) in [7, 11) is 0. The highest BCUT2D eigenvalue weighted by Gasteiger charge is 2.29. The summed E-state index contributed by atoms with van der Waals surface area (Å²) < 4.78 is 5.35. The number of nitrogens with one attached hydrogen (secondary N) is 1. The molecule has 2 amide bonds. The van der Waals surface area contributed by atoms with Crippen molar-refractivity contribution in [2.45, 2.75) is 31.7 Å². The lowest BCUT2D eigenvalue weighted by Gasteiger charge is -2.30. The number of carboxylic acid groups (broad SMARTS) is 1. The molecule has 7 heteroatoms. The van der Waals surface area contributed by atoms with Crippen LogP contribution in [0.1, 0.15) is 25.7 Å². The summed E-state index contributed by atoms with van der Waals surface area (Å²) in [4.78, 5) is 36.7. The minimum absolute atomic E-state index is 0.0283. The first kappa shape index (κ1) is 16.3. The molecule has 1 heterocycles. The van der Waals surface area contributed by atoms with Gasteiger partial charge in [-0.3, -0.25) is 19.3 Å². The van der Waals surface area contributed by atoms with Gasteiger partial charge in [-0.2, -0.15) is 0 Å². The van der Waals surface area contributed by atoms with Crippen LogP contribution in [0.25, 0.3) is 0 Å². The number of hydrogen-bond donors (Lipinski definition) is 2. The van der Waals surface area contributed by atoms with Crippen LogP contribution in [0.5, 0.6) is 5.75 Å². The predicted molar refractivity (Wildman–Crippen MR) is 85.8 cm³/mol. The van der Waals surface area contributed by atoms with Gasteiger partial charge in [0, 0.05) is 6.04 Å². The molecule has 0 spiro atoms. The smallest absolute Gasteiger partial charge is 0.306 e.